The molecule has 1 aromatic carbocycles. The molecule has 1 saturated heterocycles. The number of benzene rings is 1. The van der Waals surface area contributed by atoms with Gasteiger partial charge in [-0.05, 0) is 49.4 Å². The first kappa shape index (κ1) is 14.0. The molecule has 0 spiro atoms. The van der Waals surface area contributed by atoms with Crippen molar-refractivity contribution < 1.29 is 8.42 Å². The Morgan fingerprint density at radius 1 is 1.33 bits per heavy atom. The monoisotopic (exact) mass is 331 g/mol. The zero-order valence-electron chi connectivity index (χ0n) is 10.7. The molecular formula is C13H18BrNO2S. The lowest BCUT2D eigenvalue weighted by atomic mass is 10.1. The maximum atomic E-state index is 12.5. The number of hydrogen-bond acceptors (Lipinski definition) is 2. The first-order valence-corrected chi connectivity index (χ1v) is 8.64. The fourth-order valence-electron chi connectivity index (χ4n) is 2.16. The van der Waals surface area contributed by atoms with Crippen LogP contribution in [-0.2, 0) is 10.0 Å². The first-order valence-electron chi connectivity index (χ1n) is 6.08. The molecule has 1 fully saturated rings. The average Bonchev–Trinajstić information content (AvgIpc) is 2.81. The normalized spacial score (nSPS) is 21.4. The van der Waals surface area contributed by atoms with Crippen molar-refractivity contribution in [3.05, 3.63) is 29.3 Å². The molecule has 1 aromatic rings. The fraction of sp³-hybridized carbons (Fsp3) is 0.538. The molecule has 1 aliphatic rings. The van der Waals surface area contributed by atoms with E-state index in [9.17, 15) is 8.42 Å². The predicted octanol–water partition coefficient (Wildman–Crippen LogP) is 2.71. The number of aryl methyl sites for hydroxylation is 2. The summed E-state index contributed by atoms with van der Waals surface area (Å²) in [5, 5.41) is 0.867. The second-order valence-corrected chi connectivity index (χ2v) is 7.50. The highest BCUT2D eigenvalue weighted by molar-refractivity contribution is 9.09. The smallest absolute Gasteiger partial charge is 0.207 e. The minimum Gasteiger partial charge on any atom is -0.207 e. The Morgan fingerprint density at radius 3 is 2.61 bits per heavy atom. The van der Waals surface area contributed by atoms with Gasteiger partial charge in [-0.2, -0.15) is 4.31 Å². The van der Waals surface area contributed by atoms with E-state index in [2.05, 4.69) is 15.9 Å². The Labute approximate surface area is 117 Å². The van der Waals surface area contributed by atoms with Crippen molar-refractivity contribution in [2.45, 2.75) is 25.2 Å². The van der Waals surface area contributed by atoms with Gasteiger partial charge < -0.3 is 0 Å². The number of alkyl halides is 1. The zero-order chi connectivity index (χ0) is 13.3. The molecule has 1 heterocycles. The van der Waals surface area contributed by atoms with Crippen molar-refractivity contribution in [2.24, 2.45) is 5.92 Å². The van der Waals surface area contributed by atoms with Gasteiger partial charge in [-0.3, -0.25) is 0 Å². The quantitative estimate of drug-likeness (QED) is 0.798. The van der Waals surface area contributed by atoms with E-state index >= 15 is 0 Å². The van der Waals surface area contributed by atoms with Crippen molar-refractivity contribution in [3.8, 4) is 0 Å². The van der Waals surface area contributed by atoms with Gasteiger partial charge in [0.25, 0.3) is 0 Å². The van der Waals surface area contributed by atoms with E-state index in [0.717, 1.165) is 22.9 Å². The molecule has 1 atom stereocenters. The largest absolute Gasteiger partial charge is 0.243 e. The van der Waals surface area contributed by atoms with E-state index in [0.29, 0.717) is 23.9 Å². The molecule has 0 saturated carbocycles. The molecule has 0 aliphatic carbocycles. The van der Waals surface area contributed by atoms with Crippen LogP contribution in [0.4, 0.5) is 0 Å². The van der Waals surface area contributed by atoms with Gasteiger partial charge in [0.15, 0.2) is 0 Å². The van der Waals surface area contributed by atoms with Crippen LogP contribution in [0, 0.1) is 19.8 Å². The van der Waals surface area contributed by atoms with Crippen LogP contribution < -0.4 is 0 Å². The van der Waals surface area contributed by atoms with Crippen LogP contribution in [0.15, 0.2) is 23.1 Å². The summed E-state index contributed by atoms with van der Waals surface area (Å²) in [6, 6.07) is 5.35. The Kier molecular flexibility index (Phi) is 4.14. The van der Waals surface area contributed by atoms with Crippen LogP contribution >= 0.6 is 15.9 Å². The van der Waals surface area contributed by atoms with Gasteiger partial charge in [-0.1, -0.05) is 22.0 Å². The highest BCUT2D eigenvalue weighted by Gasteiger charge is 2.31. The summed E-state index contributed by atoms with van der Waals surface area (Å²) in [7, 11) is -3.31. The van der Waals surface area contributed by atoms with Crippen LogP contribution in [0.2, 0.25) is 0 Å². The summed E-state index contributed by atoms with van der Waals surface area (Å²) in [4.78, 5) is 0.417. The second-order valence-electron chi connectivity index (χ2n) is 4.92. The maximum absolute atomic E-state index is 12.5. The summed E-state index contributed by atoms with van der Waals surface area (Å²) in [6.45, 7) is 5.19. The SMILES string of the molecule is Cc1ccc(S(=O)(=O)N2CCC(CBr)C2)cc1C. The van der Waals surface area contributed by atoms with E-state index in [1.807, 2.05) is 19.9 Å². The highest BCUT2D eigenvalue weighted by Crippen LogP contribution is 2.26. The minimum atomic E-state index is -3.31. The van der Waals surface area contributed by atoms with Gasteiger partial charge in [-0.25, -0.2) is 8.42 Å². The van der Waals surface area contributed by atoms with Crippen molar-refractivity contribution in [1.82, 2.24) is 4.31 Å². The summed E-state index contributed by atoms with van der Waals surface area (Å²) in [5.74, 6) is 0.436. The number of nitrogens with zero attached hydrogens (tertiary/aromatic N) is 1. The summed E-state index contributed by atoms with van der Waals surface area (Å²) in [5.41, 5.74) is 2.14. The molecule has 18 heavy (non-hydrogen) atoms. The number of sulfonamides is 1. The third-order valence-electron chi connectivity index (χ3n) is 3.58. The molecule has 5 heteroatoms. The van der Waals surface area contributed by atoms with Gasteiger partial charge in [0, 0.05) is 18.4 Å². The standard InChI is InChI=1S/C13H18BrNO2S/c1-10-3-4-13(7-11(10)2)18(16,17)15-6-5-12(8-14)9-15/h3-4,7,12H,5-6,8-9H2,1-2H3. The minimum absolute atomic E-state index is 0.417. The summed E-state index contributed by atoms with van der Waals surface area (Å²) in [6.07, 6.45) is 0.940. The van der Waals surface area contributed by atoms with Gasteiger partial charge in [0.05, 0.1) is 4.90 Å². The first-order chi connectivity index (χ1) is 8.45. The zero-order valence-corrected chi connectivity index (χ0v) is 13.1. The summed E-state index contributed by atoms with van der Waals surface area (Å²) >= 11 is 3.43. The van der Waals surface area contributed by atoms with E-state index in [1.165, 1.54) is 0 Å². The summed E-state index contributed by atoms with van der Waals surface area (Å²) < 4.78 is 26.5. The fourth-order valence-corrected chi connectivity index (χ4v) is 4.31. The Hall–Kier alpha value is -0.390. The Bertz CT molecular complexity index is 542. The van der Waals surface area contributed by atoms with Gasteiger partial charge in [0.2, 0.25) is 10.0 Å². The third-order valence-corrected chi connectivity index (χ3v) is 6.36. The third kappa shape index (κ3) is 2.63. The van der Waals surface area contributed by atoms with Crippen molar-refractivity contribution in [3.63, 3.8) is 0 Å². The molecule has 0 radical (unpaired) electrons. The highest BCUT2D eigenvalue weighted by atomic mass is 79.9. The molecule has 2 rings (SSSR count). The molecule has 0 bridgehead atoms. The van der Waals surface area contributed by atoms with E-state index in [-0.39, 0.29) is 0 Å². The van der Waals surface area contributed by atoms with Gasteiger partial charge in [0.1, 0.15) is 0 Å². The molecule has 0 N–H and O–H groups in total. The lowest BCUT2D eigenvalue weighted by Crippen LogP contribution is -2.29. The van der Waals surface area contributed by atoms with Crippen LogP contribution in [0.1, 0.15) is 17.5 Å². The molecule has 1 unspecified atom stereocenters. The molecule has 1 aliphatic heterocycles. The van der Waals surface area contributed by atoms with Crippen LogP contribution in [-0.4, -0.2) is 31.1 Å². The lowest BCUT2D eigenvalue weighted by molar-refractivity contribution is 0.466. The van der Waals surface area contributed by atoms with Crippen LogP contribution in [0.25, 0.3) is 0 Å². The number of rotatable bonds is 3. The van der Waals surface area contributed by atoms with Gasteiger partial charge >= 0.3 is 0 Å². The predicted molar refractivity (Wildman–Crippen MR) is 76.6 cm³/mol. The van der Waals surface area contributed by atoms with Crippen molar-refractivity contribution >= 4 is 26.0 Å². The topological polar surface area (TPSA) is 37.4 Å². The van der Waals surface area contributed by atoms with Gasteiger partial charge in [-0.15, -0.1) is 0 Å². The Morgan fingerprint density at radius 2 is 2.06 bits per heavy atom. The van der Waals surface area contributed by atoms with Crippen molar-refractivity contribution in [2.75, 3.05) is 18.4 Å². The maximum Gasteiger partial charge on any atom is 0.243 e. The van der Waals surface area contributed by atoms with Crippen LogP contribution in [0.5, 0.6) is 0 Å². The molecule has 0 amide bonds. The number of halogens is 1. The van der Waals surface area contributed by atoms with Crippen molar-refractivity contribution in [1.29, 1.82) is 0 Å². The van der Waals surface area contributed by atoms with E-state index < -0.39 is 10.0 Å². The van der Waals surface area contributed by atoms with E-state index in [4.69, 9.17) is 0 Å². The number of hydrogen-bond donors (Lipinski definition) is 0. The molecule has 3 nitrogen and oxygen atoms in total. The average molecular weight is 332 g/mol. The van der Waals surface area contributed by atoms with Crippen LogP contribution in [0.3, 0.4) is 0 Å². The lowest BCUT2D eigenvalue weighted by Gasteiger charge is -2.17. The second kappa shape index (κ2) is 5.31. The Balaban J connectivity index is 2.28. The van der Waals surface area contributed by atoms with E-state index in [1.54, 1.807) is 16.4 Å². The molecule has 100 valence electrons. The molecule has 0 aromatic heterocycles. The molecular weight excluding hydrogens is 314 g/mol.